The van der Waals surface area contributed by atoms with Crippen LogP contribution in [-0.4, -0.2) is 29.2 Å². The van der Waals surface area contributed by atoms with Crippen molar-refractivity contribution in [1.29, 1.82) is 0 Å². The molecule has 4 nitrogen and oxygen atoms in total. The van der Waals surface area contributed by atoms with E-state index in [0.29, 0.717) is 11.9 Å². The summed E-state index contributed by atoms with van der Waals surface area (Å²) >= 11 is 0. The van der Waals surface area contributed by atoms with Crippen LogP contribution in [0.1, 0.15) is 31.4 Å². The Morgan fingerprint density at radius 2 is 2.25 bits per heavy atom. The Labute approximate surface area is 96.4 Å². The van der Waals surface area contributed by atoms with E-state index in [2.05, 4.69) is 15.3 Å². The molecule has 2 rings (SSSR count). The van der Waals surface area contributed by atoms with Crippen molar-refractivity contribution in [3.8, 4) is 5.88 Å². The summed E-state index contributed by atoms with van der Waals surface area (Å²) < 4.78 is 5.63. The maximum absolute atomic E-state index is 5.63. The van der Waals surface area contributed by atoms with Crippen LogP contribution in [0.2, 0.25) is 0 Å². The average molecular weight is 221 g/mol. The molecule has 0 radical (unpaired) electrons. The van der Waals surface area contributed by atoms with E-state index in [4.69, 9.17) is 4.74 Å². The Balaban J connectivity index is 1.73. The Morgan fingerprint density at radius 3 is 3.00 bits per heavy atom. The summed E-state index contributed by atoms with van der Waals surface area (Å²) in [5.41, 5.74) is 0.860. The number of hydrogen-bond donors (Lipinski definition) is 1. The van der Waals surface area contributed by atoms with Crippen molar-refractivity contribution < 1.29 is 4.74 Å². The Morgan fingerprint density at radius 1 is 1.38 bits per heavy atom. The summed E-state index contributed by atoms with van der Waals surface area (Å²) in [7, 11) is 0. The molecule has 1 atom stereocenters. The van der Waals surface area contributed by atoms with Gasteiger partial charge in [-0.3, -0.25) is 4.98 Å². The van der Waals surface area contributed by atoms with Crippen molar-refractivity contribution in [1.82, 2.24) is 15.3 Å². The minimum absolute atomic E-state index is 0.616. The van der Waals surface area contributed by atoms with E-state index in [1.165, 1.54) is 19.3 Å². The SMILES string of the molecule is Cc1nccnc1OCC[C@@H]1CCCCN1. The standard InChI is InChI=1S/C12H19N3O/c1-10-12(15-8-7-13-10)16-9-5-11-4-2-3-6-14-11/h7-8,11,14H,2-6,9H2,1H3/t11-/m0/s1. The highest BCUT2D eigenvalue weighted by molar-refractivity contribution is 5.14. The van der Waals surface area contributed by atoms with E-state index < -0.39 is 0 Å². The van der Waals surface area contributed by atoms with Gasteiger partial charge >= 0.3 is 0 Å². The fourth-order valence-electron chi connectivity index (χ4n) is 2.00. The molecule has 0 spiro atoms. The second-order valence-corrected chi connectivity index (χ2v) is 4.23. The molecule has 1 aliphatic heterocycles. The topological polar surface area (TPSA) is 47.0 Å². The first-order valence-corrected chi connectivity index (χ1v) is 6.00. The minimum atomic E-state index is 0.616. The maximum Gasteiger partial charge on any atom is 0.235 e. The maximum atomic E-state index is 5.63. The van der Waals surface area contributed by atoms with E-state index in [1.54, 1.807) is 12.4 Å². The summed E-state index contributed by atoms with van der Waals surface area (Å²) in [6.07, 6.45) is 8.31. The predicted octanol–water partition coefficient (Wildman–Crippen LogP) is 1.70. The van der Waals surface area contributed by atoms with Gasteiger partial charge in [0, 0.05) is 18.4 Å². The predicted molar refractivity (Wildman–Crippen MR) is 62.5 cm³/mol. The lowest BCUT2D eigenvalue weighted by Crippen LogP contribution is -2.35. The Hall–Kier alpha value is -1.16. The van der Waals surface area contributed by atoms with Gasteiger partial charge in [-0.1, -0.05) is 6.42 Å². The number of aromatic nitrogens is 2. The van der Waals surface area contributed by atoms with Crippen LogP contribution in [0.25, 0.3) is 0 Å². The quantitative estimate of drug-likeness (QED) is 0.840. The van der Waals surface area contributed by atoms with Crippen LogP contribution >= 0.6 is 0 Å². The normalized spacial score (nSPS) is 20.7. The third-order valence-electron chi connectivity index (χ3n) is 2.95. The average Bonchev–Trinajstić information content (AvgIpc) is 2.33. The van der Waals surface area contributed by atoms with Crippen molar-refractivity contribution in [2.45, 2.75) is 38.6 Å². The highest BCUT2D eigenvalue weighted by Crippen LogP contribution is 2.13. The molecule has 1 fully saturated rings. The van der Waals surface area contributed by atoms with Crippen LogP contribution < -0.4 is 10.1 Å². The van der Waals surface area contributed by atoms with Gasteiger partial charge in [0.1, 0.15) is 0 Å². The lowest BCUT2D eigenvalue weighted by atomic mass is 10.0. The van der Waals surface area contributed by atoms with Gasteiger partial charge in [0.2, 0.25) is 5.88 Å². The number of piperidine rings is 1. The number of rotatable bonds is 4. The first kappa shape index (κ1) is 11.3. The van der Waals surface area contributed by atoms with Crippen LogP contribution in [0.4, 0.5) is 0 Å². The van der Waals surface area contributed by atoms with Gasteiger partial charge in [0.05, 0.1) is 12.3 Å². The van der Waals surface area contributed by atoms with Crippen LogP contribution in [0.5, 0.6) is 5.88 Å². The first-order chi connectivity index (χ1) is 7.86. The highest BCUT2D eigenvalue weighted by Gasteiger charge is 2.12. The number of hydrogen-bond acceptors (Lipinski definition) is 4. The van der Waals surface area contributed by atoms with Gasteiger partial charge in [-0.05, 0) is 32.7 Å². The molecule has 0 amide bonds. The molecular formula is C12H19N3O. The molecule has 0 bridgehead atoms. The molecule has 1 aromatic heterocycles. The molecule has 16 heavy (non-hydrogen) atoms. The van der Waals surface area contributed by atoms with Crippen LogP contribution in [0.3, 0.4) is 0 Å². The van der Waals surface area contributed by atoms with Gasteiger partial charge in [-0.15, -0.1) is 0 Å². The molecule has 0 unspecified atom stereocenters. The molecular weight excluding hydrogens is 202 g/mol. The van der Waals surface area contributed by atoms with Gasteiger partial charge in [0.15, 0.2) is 0 Å². The largest absolute Gasteiger partial charge is 0.476 e. The van der Waals surface area contributed by atoms with E-state index in [9.17, 15) is 0 Å². The van der Waals surface area contributed by atoms with Gasteiger partial charge in [-0.25, -0.2) is 4.98 Å². The summed E-state index contributed by atoms with van der Waals surface area (Å²) in [6.45, 7) is 3.78. The summed E-state index contributed by atoms with van der Waals surface area (Å²) in [4.78, 5) is 8.30. The number of nitrogens with zero attached hydrogens (tertiary/aromatic N) is 2. The third-order valence-corrected chi connectivity index (χ3v) is 2.95. The Bertz CT molecular complexity index is 324. The molecule has 88 valence electrons. The molecule has 4 heteroatoms. The fourth-order valence-corrected chi connectivity index (χ4v) is 2.00. The lowest BCUT2D eigenvalue weighted by molar-refractivity contribution is 0.258. The van der Waals surface area contributed by atoms with Gasteiger partial charge < -0.3 is 10.1 Å². The van der Waals surface area contributed by atoms with Crippen LogP contribution in [0.15, 0.2) is 12.4 Å². The second-order valence-electron chi connectivity index (χ2n) is 4.23. The van der Waals surface area contributed by atoms with Gasteiger partial charge in [0.25, 0.3) is 0 Å². The molecule has 0 saturated carbocycles. The minimum Gasteiger partial charge on any atom is -0.476 e. The molecule has 1 aliphatic rings. The molecule has 2 heterocycles. The summed E-state index contributed by atoms with van der Waals surface area (Å²) in [6, 6.07) is 0.616. The molecule has 1 N–H and O–H groups in total. The monoisotopic (exact) mass is 221 g/mol. The van der Waals surface area contributed by atoms with E-state index in [-0.39, 0.29) is 0 Å². The molecule has 1 aromatic rings. The van der Waals surface area contributed by atoms with E-state index in [1.807, 2.05) is 6.92 Å². The van der Waals surface area contributed by atoms with Crippen LogP contribution in [0, 0.1) is 6.92 Å². The summed E-state index contributed by atoms with van der Waals surface area (Å²) in [5.74, 6) is 0.665. The lowest BCUT2D eigenvalue weighted by Gasteiger charge is -2.23. The number of ether oxygens (including phenoxy) is 1. The first-order valence-electron chi connectivity index (χ1n) is 6.00. The zero-order valence-electron chi connectivity index (χ0n) is 9.78. The molecule has 1 saturated heterocycles. The van der Waals surface area contributed by atoms with Crippen molar-refractivity contribution >= 4 is 0 Å². The van der Waals surface area contributed by atoms with Crippen molar-refractivity contribution in [3.05, 3.63) is 18.1 Å². The van der Waals surface area contributed by atoms with Crippen molar-refractivity contribution in [2.24, 2.45) is 0 Å². The zero-order valence-corrected chi connectivity index (χ0v) is 9.78. The molecule has 0 aromatic carbocycles. The van der Waals surface area contributed by atoms with E-state index >= 15 is 0 Å². The Kier molecular flexibility index (Phi) is 4.10. The highest BCUT2D eigenvalue weighted by atomic mass is 16.5. The van der Waals surface area contributed by atoms with Crippen molar-refractivity contribution in [2.75, 3.05) is 13.2 Å². The number of aryl methyl sites for hydroxylation is 1. The van der Waals surface area contributed by atoms with E-state index in [0.717, 1.165) is 25.3 Å². The fraction of sp³-hybridized carbons (Fsp3) is 0.667. The third kappa shape index (κ3) is 3.17. The molecule has 0 aliphatic carbocycles. The number of nitrogens with one attached hydrogen (secondary N) is 1. The van der Waals surface area contributed by atoms with Gasteiger partial charge in [-0.2, -0.15) is 0 Å². The summed E-state index contributed by atoms with van der Waals surface area (Å²) in [5, 5.41) is 3.50. The second kappa shape index (κ2) is 5.80. The zero-order chi connectivity index (χ0) is 11.2. The van der Waals surface area contributed by atoms with Crippen molar-refractivity contribution in [3.63, 3.8) is 0 Å². The smallest absolute Gasteiger partial charge is 0.235 e. The van der Waals surface area contributed by atoms with Crippen LogP contribution in [-0.2, 0) is 0 Å².